The summed E-state index contributed by atoms with van der Waals surface area (Å²) in [4.78, 5) is 23.0. The highest BCUT2D eigenvalue weighted by Gasteiger charge is 2.19. The maximum Gasteiger partial charge on any atom is 0.226 e. The largest absolute Gasteiger partial charge is 0.344 e. The number of rotatable bonds is 8. The first-order valence-electron chi connectivity index (χ1n) is 10.4. The number of carbonyl (C=O) groups is 1. The lowest BCUT2D eigenvalue weighted by Gasteiger charge is -2.19. The summed E-state index contributed by atoms with van der Waals surface area (Å²) in [6, 6.07) is 18.3. The van der Waals surface area contributed by atoms with E-state index in [1.807, 2.05) is 35.0 Å². The maximum atomic E-state index is 12.9. The van der Waals surface area contributed by atoms with Gasteiger partial charge in [0.05, 0.1) is 23.9 Å². The molecule has 4 nitrogen and oxygen atoms in total. The van der Waals surface area contributed by atoms with E-state index in [0.717, 1.165) is 33.3 Å². The van der Waals surface area contributed by atoms with Crippen molar-refractivity contribution in [3.63, 3.8) is 0 Å². The monoisotopic (exact) mass is 447 g/mol. The van der Waals surface area contributed by atoms with Crippen LogP contribution in [0.15, 0.2) is 71.6 Å². The van der Waals surface area contributed by atoms with Gasteiger partial charge in [0.1, 0.15) is 5.01 Å². The van der Waals surface area contributed by atoms with Gasteiger partial charge in [-0.1, -0.05) is 50.2 Å². The molecule has 0 aliphatic carbocycles. The Morgan fingerprint density at radius 2 is 1.84 bits per heavy atom. The molecule has 4 rings (SSSR count). The molecule has 31 heavy (non-hydrogen) atoms. The number of hydrogen-bond donors (Lipinski definition) is 1. The van der Waals surface area contributed by atoms with Gasteiger partial charge in [-0.15, -0.1) is 22.7 Å². The minimum atomic E-state index is -0.160. The number of amides is 1. The Balaban J connectivity index is 1.49. The van der Waals surface area contributed by atoms with E-state index in [1.54, 1.807) is 17.5 Å². The zero-order valence-electron chi connectivity index (χ0n) is 17.6. The number of thiophene rings is 1. The molecule has 6 heteroatoms. The number of hydrogen-bond acceptors (Lipinski definition) is 5. The van der Waals surface area contributed by atoms with Gasteiger partial charge in [0.2, 0.25) is 5.91 Å². The molecule has 0 bridgehead atoms. The molecule has 0 saturated carbocycles. The number of nitrogens with one attached hydrogen (secondary N) is 1. The van der Waals surface area contributed by atoms with Crippen LogP contribution >= 0.6 is 22.7 Å². The number of carbonyl (C=O) groups excluding carboxylic acids is 1. The van der Waals surface area contributed by atoms with Gasteiger partial charge in [0, 0.05) is 16.5 Å². The fourth-order valence-corrected chi connectivity index (χ4v) is 5.00. The van der Waals surface area contributed by atoms with Gasteiger partial charge in [0.15, 0.2) is 0 Å². The van der Waals surface area contributed by atoms with Crippen LogP contribution in [0.1, 0.15) is 53.9 Å². The molecule has 3 heterocycles. The molecule has 0 aliphatic heterocycles. The molecule has 0 radical (unpaired) electrons. The van der Waals surface area contributed by atoms with E-state index in [9.17, 15) is 4.79 Å². The Hall–Kier alpha value is -2.83. The molecule has 1 amide bonds. The summed E-state index contributed by atoms with van der Waals surface area (Å²) in [5.74, 6) is 0.490. The number of thiazole rings is 1. The average molecular weight is 448 g/mol. The quantitative estimate of drug-likeness (QED) is 0.348. The number of aromatic nitrogens is 2. The molecule has 0 fully saturated rings. The van der Waals surface area contributed by atoms with Crippen LogP contribution in [0.25, 0.3) is 10.7 Å². The van der Waals surface area contributed by atoms with Gasteiger partial charge < -0.3 is 5.32 Å². The number of benzene rings is 1. The Bertz CT molecular complexity index is 1110. The third kappa shape index (κ3) is 5.27. The van der Waals surface area contributed by atoms with Crippen molar-refractivity contribution in [2.24, 2.45) is 0 Å². The molecule has 1 N–H and O–H groups in total. The maximum absolute atomic E-state index is 12.9. The van der Waals surface area contributed by atoms with Gasteiger partial charge in [-0.25, -0.2) is 4.98 Å². The van der Waals surface area contributed by atoms with Crippen LogP contribution in [0.2, 0.25) is 0 Å². The van der Waals surface area contributed by atoms with E-state index in [0.29, 0.717) is 5.92 Å². The number of pyridine rings is 1. The van der Waals surface area contributed by atoms with E-state index >= 15 is 0 Å². The summed E-state index contributed by atoms with van der Waals surface area (Å²) in [7, 11) is 0. The second-order valence-electron chi connectivity index (χ2n) is 7.53. The molecule has 4 aromatic rings. The Kier molecular flexibility index (Phi) is 6.89. The smallest absolute Gasteiger partial charge is 0.226 e. The first-order valence-corrected chi connectivity index (χ1v) is 12.2. The van der Waals surface area contributed by atoms with Crippen LogP contribution in [0, 0.1) is 0 Å². The first-order chi connectivity index (χ1) is 15.1. The summed E-state index contributed by atoms with van der Waals surface area (Å²) >= 11 is 3.17. The van der Waals surface area contributed by atoms with Gasteiger partial charge in [0.25, 0.3) is 0 Å². The molecule has 3 aromatic heterocycles. The standard InChI is InChI=1S/C25H25N3OS2/c1-3-17(2)18-9-11-19(12-10-18)24(22-8-6-14-30-22)28-23(29)15-20-16-31-25(27-20)21-7-4-5-13-26-21/h4-14,16-17,24H,3,15H2,1-2H3,(H,28,29). The average Bonchev–Trinajstić information content (AvgIpc) is 3.50. The van der Waals surface area contributed by atoms with E-state index < -0.39 is 0 Å². The van der Waals surface area contributed by atoms with E-state index in [-0.39, 0.29) is 18.4 Å². The summed E-state index contributed by atoms with van der Waals surface area (Å²) in [5.41, 5.74) is 4.01. The first kappa shape index (κ1) is 21.4. The van der Waals surface area contributed by atoms with Crippen LogP contribution in [0.4, 0.5) is 0 Å². The lowest BCUT2D eigenvalue weighted by molar-refractivity contribution is -0.120. The fourth-order valence-electron chi connectivity index (χ4n) is 3.40. The Labute approximate surface area is 191 Å². The zero-order valence-corrected chi connectivity index (χ0v) is 19.2. The molecule has 1 aromatic carbocycles. The Morgan fingerprint density at radius 1 is 1.03 bits per heavy atom. The predicted octanol–water partition coefficient (Wildman–Crippen LogP) is 6.23. The van der Waals surface area contributed by atoms with Crippen molar-refractivity contribution in [3.8, 4) is 10.7 Å². The molecule has 0 aliphatic rings. The van der Waals surface area contributed by atoms with Crippen molar-refractivity contribution >= 4 is 28.6 Å². The van der Waals surface area contributed by atoms with Crippen LogP contribution in [0.3, 0.4) is 0 Å². The summed E-state index contributed by atoms with van der Waals surface area (Å²) in [6.07, 6.45) is 3.11. The van der Waals surface area contributed by atoms with Crippen molar-refractivity contribution < 1.29 is 4.79 Å². The molecule has 2 unspecified atom stereocenters. The molecule has 0 spiro atoms. The van der Waals surface area contributed by atoms with Crippen LogP contribution in [0.5, 0.6) is 0 Å². The Morgan fingerprint density at radius 3 is 2.52 bits per heavy atom. The highest BCUT2D eigenvalue weighted by Crippen LogP contribution is 2.28. The third-order valence-corrected chi connectivity index (χ3v) is 7.21. The van der Waals surface area contributed by atoms with Gasteiger partial charge in [-0.3, -0.25) is 9.78 Å². The highest BCUT2D eigenvalue weighted by molar-refractivity contribution is 7.13. The lowest BCUT2D eigenvalue weighted by Crippen LogP contribution is -2.30. The van der Waals surface area contributed by atoms with Crippen LogP contribution in [-0.4, -0.2) is 15.9 Å². The minimum absolute atomic E-state index is 0.0396. The summed E-state index contributed by atoms with van der Waals surface area (Å²) < 4.78 is 0. The molecule has 0 saturated heterocycles. The predicted molar refractivity (Wildman–Crippen MR) is 129 cm³/mol. The highest BCUT2D eigenvalue weighted by atomic mass is 32.1. The van der Waals surface area contributed by atoms with Gasteiger partial charge in [-0.2, -0.15) is 0 Å². The molecule has 2 atom stereocenters. The van der Waals surface area contributed by atoms with E-state index in [2.05, 4.69) is 59.5 Å². The van der Waals surface area contributed by atoms with Crippen LogP contribution < -0.4 is 5.32 Å². The normalized spacial score (nSPS) is 13.0. The SMILES string of the molecule is CCC(C)c1ccc(C(NC(=O)Cc2csc(-c3ccccn3)n2)c2cccs2)cc1. The second-order valence-corrected chi connectivity index (χ2v) is 9.37. The second kappa shape index (κ2) is 9.98. The summed E-state index contributed by atoms with van der Waals surface area (Å²) in [5, 5.41) is 8.03. The van der Waals surface area contributed by atoms with E-state index in [1.165, 1.54) is 16.9 Å². The topological polar surface area (TPSA) is 54.9 Å². The van der Waals surface area contributed by atoms with Gasteiger partial charge >= 0.3 is 0 Å². The molecular formula is C25H25N3OS2. The van der Waals surface area contributed by atoms with Crippen molar-refractivity contribution in [1.82, 2.24) is 15.3 Å². The van der Waals surface area contributed by atoms with Crippen molar-refractivity contribution in [1.29, 1.82) is 0 Å². The van der Waals surface area contributed by atoms with Crippen LogP contribution in [-0.2, 0) is 11.2 Å². The number of nitrogens with zero attached hydrogens (tertiary/aromatic N) is 2. The molecule has 158 valence electrons. The fraction of sp³-hybridized carbons (Fsp3) is 0.240. The van der Waals surface area contributed by atoms with Crippen molar-refractivity contribution in [2.75, 3.05) is 0 Å². The van der Waals surface area contributed by atoms with Crippen molar-refractivity contribution in [3.05, 3.63) is 93.3 Å². The summed E-state index contributed by atoms with van der Waals surface area (Å²) in [6.45, 7) is 4.44. The zero-order chi connectivity index (χ0) is 21.6. The van der Waals surface area contributed by atoms with E-state index in [4.69, 9.17) is 0 Å². The minimum Gasteiger partial charge on any atom is -0.344 e. The molecular weight excluding hydrogens is 422 g/mol. The van der Waals surface area contributed by atoms with Crippen molar-refractivity contribution in [2.45, 2.75) is 38.6 Å². The van der Waals surface area contributed by atoms with Gasteiger partial charge in [-0.05, 0) is 47.0 Å². The third-order valence-electron chi connectivity index (χ3n) is 5.36. The lowest BCUT2D eigenvalue weighted by atomic mass is 9.95.